The van der Waals surface area contributed by atoms with Crippen molar-refractivity contribution in [1.29, 1.82) is 0 Å². The molecule has 0 bridgehead atoms. The standard InChI is InChI=1S/C13H23N3O2/c1-13(2,3)7-9-5-4-6-16(9)11(17)10-8-14-12(18)15-10/h9-10H,4-8H2,1-3H3,(H2,14,15,18). The second-order valence-electron chi connectivity index (χ2n) is 6.50. The summed E-state index contributed by atoms with van der Waals surface area (Å²) in [6.07, 6.45) is 3.17. The van der Waals surface area contributed by atoms with Gasteiger partial charge in [0.1, 0.15) is 6.04 Å². The van der Waals surface area contributed by atoms with Crippen molar-refractivity contribution in [2.45, 2.75) is 52.1 Å². The number of rotatable bonds is 2. The normalized spacial score (nSPS) is 28.2. The number of hydrogen-bond acceptors (Lipinski definition) is 2. The number of nitrogens with one attached hydrogen (secondary N) is 2. The smallest absolute Gasteiger partial charge is 0.315 e. The van der Waals surface area contributed by atoms with Gasteiger partial charge in [0.05, 0.1) is 0 Å². The van der Waals surface area contributed by atoms with Crippen LogP contribution in [0.1, 0.15) is 40.0 Å². The maximum absolute atomic E-state index is 12.4. The van der Waals surface area contributed by atoms with Gasteiger partial charge in [0.2, 0.25) is 5.91 Å². The molecule has 2 heterocycles. The van der Waals surface area contributed by atoms with Gasteiger partial charge in [0.15, 0.2) is 0 Å². The van der Waals surface area contributed by atoms with Gasteiger partial charge >= 0.3 is 6.03 Å². The lowest BCUT2D eigenvalue weighted by Crippen LogP contribution is -2.48. The first-order valence-electron chi connectivity index (χ1n) is 6.72. The number of hydrogen-bond donors (Lipinski definition) is 2. The van der Waals surface area contributed by atoms with Crippen LogP contribution in [-0.4, -0.2) is 42.0 Å². The summed E-state index contributed by atoms with van der Waals surface area (Å²) in [6.45, 7) is 7.84. The Bertz CT molecular complexity index is 349. The van der Waals surface area contributed by atoms with Crippen LogP contribution in [0.5, 0.6) is 0 Å². The lowest BCUT2D eigenvalue weighted by atomic mass is 9.87. The average Bonchev–Trinajstić information content (AvgIpc) is 2.84. The third-order valence-electron chi connectivity index (χ3n) is 3.58. The van der Waals surface area contributed by atoms with Gasteiger partial charge in [-0.05, 0) is 24.7 Å². The summed E-state index contributed by atoms with van der Waals surface area (Å²) >= 11 is 0. The Labute approximate surface area is 108 Å². The zero-order chi connectivity index (χ0) is 13.3. The van der Waals surface area contributed by atoms with Crippen LogP contribution in [0.2, 0.25) is 0 Å². The zero-order valence-electron chi connectivity index (χ0n) is 11.5. The van der Waals surface area contributed by atoms with Crippen molar-refractivity contribution in [2.24, 2.45) is 5.41 Å². The predicted octanol–water partition coefficient (Wildman–Crippen LogP) is 1.09. The lowest BCUT2D eigenvalue weighted by molar-refractivity contribution is -0.133. The van der Waals surface area contributed by atoms with E-state index in [2.05, 4.69) is 31.4 Å². The largest absolute Gasteiger partial charge is 0.338 e. The molecule has 0 aromatic rings. The molecule has 5 heteroatoms. The molecule has 0 saturated carbocycles. The summed E-state index contributed by atoms with van der Waals surface area (Å²) in [5.41, 5.74) is 0.227. The molecule has 102 valence electrons. The third kappa shape index (κ3) is 2.94. The highest BCUT2D eigenvalue weighted by molar-refractivity contribution is 5.90. The Balaban J connectivity index is 1.98. The molecule has 2 aliphatic heterocycles. The molecule has 2 unspecified atom stereocenters. The van der Waals surface area contributed by atoms with E-state index < -0.39 is 0 Å². The van der Waals surface area contributed by atoms with E-state index in [0.717, 1.165) is 25.8 Å². The molecule has 5 nitrogen and oxygen atoms in total. The maximum Gasteiger partial charge on any atom is 0.315 e. The molecular formula is C13H23N3O2. The monoisotopic (exact) mass is 253 g/mol. The zero-order valence-corrected chi connectivity index (χ0v) is 11.5. The molecule has 2 fully saturated rings. The minimum Gasteiger partial charge on any atom is -0.338 e. The van der Waals surface area contributed by atoms with E-state index in [0.29, 0.717) is 12.6 Å². The molecule has 18 heavy (non-hydrogen) atoms. The van der Waals surface area contributed by atoms with Crippen molar-refractivity contribution in [3.8, 4) is 0 Å². The van der Waals surface area contributed by atoms with Gasteiger partial charge in [-0.1, -0.05) is 20.8 Å². The minimum atomic E-state index is -0.377. The van der Waals surface area contributed by atoms with Gasteiger partial charge in [-0.2, -0.15) is 0 Å². The van der Waals surface area contributed by atoms with E-state index in [-0.39, 0.29) is 23.4 Å². The molecule has 0 aromatic carbocycles. The molecule has 3 amide bonds. The number of urea groups is 1. The van der Waals surface area contributed by atoms with Gasteiger partial charge in [0, 0.05) is 19.1 Å². The van der Waals surface area contributed by atoms with Gasteiger partial charge in [-0.3, -0.25) is 4.79 Å². The number of likely N-dealkylation sites (tertiary alicyclic amines) is 1. The van der Waals surface area contributed by atoms with E-state index in [1.165, 1.54) is 0 Å². The van der Waals surface area contributed by atoms with Crippen LogP contribution in [0, 0.1) is 5.41 Å². The van der Waals surface area contributed by atoms with Crippen LogP contribution in [0.15, 0.2) is 0 Å². The van der Waals surface area contributed by atoms with E-state index >= 15 is 0 Å². The van der Waals surface area contributed by atoms with E-state index in [1.807, 2.05) is 4.90 Å². The number of amides is 3. The SMILES string of the molecule is CC(C)(C)CC1CCCN1C(=O)C1CNC(=O)N1. The molecule has 2 atom stereocenters. The Morgan fingerprint density at radius 1 is 1.44 bits per heavy atom. The topological polar surface area (TPSA) is 61.4 Å². The second kappa shape index (κ2) is 4.78. The Hall–Kier alpha value is -1.26. The third-order valence-corrected chi connectivity index (χ3v) is 3.58. The number of carbonyl (C=O) groups is 2. The van der Waals surface area contributed by atoms with Crippen LogP contribution in [-0.2, 0) is 4.79 Å². The molecule has 0 radical (unpaired) electrons. The van der Waals surface area contributed by atoms with Crippen molar-refractivity contribution < 1.29 is 9.59 Å². The fraction of sp³-hybridized carbons (Fsp3) is 0.846. The quantitative estimate of drug-likeness (QED) is 0.774. The Morgan fingerprint density at radius 3 is 2.72 bits per heavy atom. The van der Waals surface area contributed by atoms with Crippen LogP contribution in [0.25, 0.3) is 0 Å². The van der Waals surface area contributed by atoms with Crippen LogP contribution < -0.4 is 10.6 Å². The lowest BCUT2D eigenvalue weighted by Gasteiger charge is -2.31. The van der Waals surface area contributed by atoms with E-state index in [9.17, 15) is 9.59 Å². The van der Waals surface area contributed by atoms with Crippen LogP contribution in [0.4, 0.5) is 4.79 Å². The Morgan fingerprint density at radius 2 is 2.17 bits per heavy atom. The summed E-state index contributed by atoms with van der Waals surface area (Å²) < 4.78 is 0. The number of carbonyl (C=O) groups excluding carboxylic acids is 2. The number of nitrogens with zero attached hydrogens (tertiary/aromatic N) is 1. The molecule has 2 saturated heterocycles. The summed E-state index contributed by atoms with van der Waals surface area (Å²) in [5, 5.41) is 5.31. The van der Waals surface area contributed by atoms with Crippen molar-refractivity contribution in [2.75, 3.05) is 13.1 Å². The van der Waals surface area contributed by atoms with Gasteiger partial charge in [-0.25, -0.2) is 4.79 Å². The molecule has 0 spiro atoms. The summed E-state index contributed by atoms with van der Waals surface area (Å²) in [6, 6.07) is -0.284. The van der Waals surface area contributed by atoms with Gasteiger partial charge in [0.25, 0.3) is 0 Å². The molecule has 2 rings (SSSR count). The molecule has 2 aliphatic rings. The summed E-state index contributed by atoms with van der Waals surface area (Å²) in [4.78, 5) is 25.4. The molecule has 0 aliphatic carbocycles. The average molecular weight is 253 g/mol. The highest BCUT2D eigenvalue weighted by atomic mass is 16.2. The van der Waals surface area contributed by atoms with Gasteiger partial charge in [-0.15, -0.1) is 0 Å². The fourth-order valence-corrected chi connectivity index (χ4v) is 2.85. The van der Waals surface area contributed by atoms with Crippen molar-refractivity contribution in [3.63, 3.8) is 0 Å². The first kappa shape index (κ1) is 13.2. The fourth-order valence-electron chi connectivity index (χ4n) is 2.85. The highest BCUT2D eigenvalue weighted by Crippen LogP contribution is 2.30. The van der Waals surface area contributed by atoms with Gasteiger partial charge < -0.3 is 15.5 Å². The minimum absolute atomic E-state index is 0.0695. The molecule has 0 aromatic heterocycles. The van der Waals surface area contributed by atoms with E-state index in [1.54, 1.807) is 0 Å². The van der Waals surface area contributed by atoms with Crippen LogP contribution >= 0.6 is 0 Å². The van der Waals surface area contributed by atoms with Crippen molar-refractivity contribution in [1.82, 2.24) is 15.5 Å². The summed E-state index contributed by atoms with van der Waals surface area (Å²) in [5.74, 6) is 0.0695. The van der Waals surface area contributed by atoms with Crippen molar-refractivity contribution in [3.05, 3.63) is 0 Å². The highest BCUT2D eigenvalue weighted by Gasteiger charge is 2.37. The van der Waals surface area contributed by atoms with Crippen LogP contribution in [0.3, 0.4) is 0 Å². The first-order chi connectivity index (χ1) is 8.37. The maximum atomic E-state index is 12.4. The summed E-state index contributed by atoms with van der Waals surface area (Å²) in [7, 11) is 0. The first-order valence-corrected chi connectivity index (χ1v) is 6.72. The van der Waals surface area contributed by atoms with E-state index in [4.69, 9.17) is 0 Å². The Kier molecular flexibility index (Phi) is 3.50. The second-order valence-corrected chi connectivity index (χ2v) is 6.50. The molecule has 2 N–H and O–H groups in total. The predicted molar refractivity (Wildman–Crippen MR) is 69.1 cm³/mol. The van der Waals surface area contributed by atoms with Crippen molar-refractivity contribution >= 4 is 11.9 Å². The molecular weight excluding hydrogens is 230 g/mol.